The van der Waals surface area contributed by atoms with Gasteiger partial charge in [0.2, 0.25) is 0 Å². The van der Waals surface area contributed by atoms with Crippen molar-refractivity contribution < 1.29 is 14.3 Å². The van der Waals surface area contributed by atoms with Crippen LogP contribution in [-0.2, 0) is 0 Å². The molecule has 1 aliphatic rings. The SMILES string of the molecule is CCC1CCN(c2cc(C(=O)/C=C/c3ccccc3Cl)c(OC)cc2OC)CC1. The van der Waals surface area contributed by atoms with E-state index in [0.717, 1.165) is 48.8 Å². The Morgan fingerprint density at radius 2 is 1.83 bits per heavy atom. The zero-order valence-electron chi connectivity index (χ0n) is 17.3. The number of anilines is 1. The quantitative estimate of drug-likeness (QED) is 0.419. The number of hydrogen-bond acceptors (Lipinski definition) is 4. The molecular weight excluding hydrogens is 386 g/mol. The standard InChI is InChI=1S/C24H28ClNO3/c1-4-17-11-13-26(14-12-17)21-15-19(23(28-2)16-24(21)29-3)22(27)10-9-18-7-5-6-8-20(18)25/h5-10,15-17H,4,11-14H2,1-3H3/b10-9+. The molecule has 4 nitrogen and oxygen atoms in total. The van der Waals surface area contributed by atoms with Gasteiger partial charge in [-0.15, -0.1) is 0 Å². The number of carbonyl (C=O) groups is 1. The lowest BCUT2D eigenvalue weighted by atomic mass is 9.94. The Labute approximate surface area is 178 Å². The fourth-order valence-electron chi connectivity index (χ4n) is 3.77. The molecule has 2 aromatic rings. The first kappa shape index (κ1) is 21.3. The second-order valence-electron chi connectivity index (χ2n) is 7.28. The summed E-state index contributed by atoms with van der Waals surface area (Å²) in [6.07, 6.45) is 6.80. The van der Waals surface area contributed by atoms with Gasteiger partial charge in [0.15, 0.2) is 5.78 Å². The minimum atomic E-state index is -0.130. The average Bonchev–Trinajstić information content (AvgIpc) is 2.77. The maximum Gasteiger partial charge on any atom is 0.189 e. The Morgan fingerprint density at radius 3 is 2.45 bits per heavy atom. The van der Waals surface area contributed by atoms with Crippen molar-refractivity contribution >= 4 is 29.1 Å². The van der Waals surface area contributed by atoms with Crippen LogP contribution >= 0.6 is 11.6 Å². The fraction of sp³-hybridized carbons (Fsp3) is 0.375. The summed E-state index contributed by atoms with van der Waals surface area (Å²) in [5.74, 6) is 1.87. The second-order valence-corrected chi connectivity index (χ2v) is 7.69. The zero-order valence-corrected chi connectivity index (χ0v) is 18.0. The topological polar surface area (TPSA) is 38.8 Å². The molecule has 0 aromatic heterocycles. The summed E-state index contributed by atoms with van der Waals surface area (Å²) in [6, 6.07) is 11.1. The smallest absolute Gasteiger partial charge is 0.189 e. The van der Waals surface area contributed by atoms with Gasteiger partial charge in [0, 0.05) is 24.2 Å². The van der Waals surface area contributed by atoms with Gasteiger partial charge < -0.3 is 14.4 Å². The second kappa shape index (κ2) is 9.84. The Balaban J connectivity index is 1.91. The number of nitrogens with zero attached hydrogens (tertiary/aromatic N) is 1. The average molecular weight is 414 g/mol. The van der Waals surface area contributed by atoms with Crippen LogP contribution in [0.5, 0.6) is 11.5 Å². The summed E-state index contributed by atoms with van der Waals surface area (Å²) in [4.78, 5) is 15.3. The van der Waals surface area contributed by atoms with E-state index >= 15 is 0 Å². The van der Waals surface area contributed by atoms with Crippen molar-refractivity contribution in [2.75, 3.05) is 32.2 Å². The van der Waals surface area contributed by atoms with Gasteiger partial charge in [-0.2, -0.15) is 0 Å². The third-order valence-electron chi connectivity index (χ3n) is 5.62. The molecule has 1 saturated heterocycles. The number of carbonyl (C=O) groups excluding carboxylic acids is 1. The van der Waals surface area contributed by atoms with Crippen LogP contribution in [0.4, 0.5) is 5.69 Å². The maximum atomic E-state index is 13.0. The van der Waals surface area contributed by atoms with Crippen molar-refractivity contribution in [2.45, 2.75) is 26.2 Å². The van der Waals surface area contributed by atoms with Crippen LogP contribution in [0.3, 0.4) is 0 Å². The zero-order chi connectivity index (χ0) is 20.8. The summed E-state index contributed by atoms with van der Waals surface area (Å²) in [5.41, 5.74) is 2.26. The number of piperidine rings is 1. The van der Waals surface area contributed by atoms with E-state index in [9.17, 15) is 4.79 Å². The molecule has 5 heteroatoms. The third-order valence-corrected chi connectivity index (χ3v) is 5.96. The number of rotatable bonds is 7. The van der Waals surface area contributed by atoms with Crippen molar-refractivity contribution in [3.63, 3.8) is 0 Å². The van der Waals surface area contributed by atoms with Gasteiger partial charge in [-0.05, 0) is 48.6 Å². The van der Waals surface area contributed by atoms with Crippen LogP contribution in [0, 0.1) is 5.92 Å². The van der Waals surface area contributed by atoms with E-state index in [2.05, 4.69) is 11.8 Å². The molecule has 3 rings (SSSR count). The van der Waals surface area contributed by atoms with Gasteiger partial charge in [0.25, 0.3) is 0 Å². The predicted molar refractivity (Wildman–Crippen MR) is 120 cm³/mol. The van der Waals surface area contributed by atoms with E-state index in [-0.39, 0.29) is 5.78 Å². The first-order valence-electron chi connectivity index (χ1n) is 10.0. The molecule has 1 fully saturated rings. The largest absolute Gasteiger partial charge is 0.496 e. The highest BCUT2D eigenvalue weighted by atomic mass is 35.5. The molecule has 0 N–H and O–H groups in total. The lowest BCUT2D eigenvalue weighted by molar-refractivity contribution is 0.104. The molecule has 0 bridgehead atoms. The van der Waals surface area contributed by atoms with E-state index in [0.29, 0.717) is 16.3 Å². The highest BCUT2D eigenvalue weighted by Gasteiger charge is 2.23. The van der Waals surface area contributed by atoms with E-state index in [1.165, 1.54) is 6.42 Å². The Hall–Kier alpha value is -2.46. The van der Waals surface area contributed by atoms with Gasteiger partial charge >= 0.3 is 0 Å². The molecule has 0 aliphatic carbocycles. The lowest BCUT2D eigenvalue weighted by Gasteiger charge is -2.34. The maximum absolute atomic E-state index is 13.0. The predicted octanol–water partition coefficient (Wildman–Crippen LogP) is 5.88. The molecular formula is C24H28ClNO3. The van der Waals surface area contributed by atoms with Gasteiger partial charge in [-0.25, -0.2) is 0 Å². The molecule has 0 amide bonds. The van der Waals surface area contributed by atoms with Gasteiger partial charge in [0.05, 0.1) is 25.5 Å². The van der Waals surface area contributed by atoms with E-state index in [1.54, 1.807) is 38.5 Å². The first-order valence-corrected chi connectivity index (χ1v) is 10.4. The molecule has 0 unspecified atom stereocenters. The third kappa shape index (κ3) is 4.94. The molecule has 154 valence electrons. The molecule has 1 aliphatic heterocycles. The summed E-state index contributed by atoms with van der Waals surface area (Å²) < 4.78 is 11.1. The highest BCUT2D eigenvalue weighted by Crippen LogP contribution is 2.38. The van der Waals surface area contributed by atoms with Crippen LogP contribution < -0.4 is 14.4 Å². The van der Waals surface area contributed by atoms with Crippen LogP contribution in [0.1, 0.15) is 42.1 Å². The minimum Gasteiger partial charge on any atom is -0.496 e. The number of benzene rings is 2. The fourth-order valence-corrected chi connectivity index (χ4v) is 3.97. The van der Waals surface area contributed by atoms with Gasteiger partial charge in [-0.1, -0.05) is 43.1 Å². The van der Waals surface area contributed by atoms with Crippen LogP contribution in [0.15, 0.2) is 42.5 Å². The van der Waals surface area contributed by atoms with Gasteiger partial charge in [0.1, 0.15) is 11.5 Å². The number of ketones is 1. The van der Waals surface area contributed by atoms with Crippen molar-refractivity contribution in [3.05, 3.63) is 58.6 Å². The molecule has 29 heavy (non-hydrogen) atoms. The monoisotopic (exact) mass is 413 g/mol. The lowest BCUT2D eigenvalue weighted by Crippen LogP contribution is -2.33. The molecule has 0 atom stereocenters. The van der Waals surface area contributed by atoms with Crippen LogP contribution in [0.25, 0.3) is 6.08 Å². The number of halogens is 1. The van der Waals surface area contributed by atoms with Crippen molar-refractivity contribution in [1.82, 2.24) is 0 Å². The van der Waals surface area contributed by atoms with E-state index in [1.807, 2.05) is 24.3 Å². The number of methoxy groups -OCH3 is 2. The molecule has 0 radical (unpaired) electrons. The molecule has 0 saturated carbocycles. The number of ether oxygens (including phenoxy) is 2. The van der Waals surface area contributed by atoms with Crippen molar-refractivity contribution in [1.29, 1.82) is 0 Å². The summed E-state index contributed by atoms with van der Waals surface area (Å²) in [7, 11) is 3.21. The Kier molecular flexibility index (Phi) is 7.21. The number of hydrogen-bond donors (Lipinski definition) is 0. The van der Waals surface area contributed by atoms with Crippen molar-refractivity contribution in [3.8, 4) is 11.5 Å². The van der Waals surface area contributed by atoms with Crippen LogP contribution in [0.2, 0.25) is 5.02 Å². The van der Waals surface area contributed by atoms with Crippen molar-refractivity contribution in [2.24, 2.45) is 5.92 Å². The van der Waals surface area contributed by atoms with Gasteiger partial charge in [-0.3, -0.25) is 4.79 Å². The normalized spacial score (nSPS) is 15.0. The summed E-state index contributed by atoms with van der Waals surface area (Å²) in [6.45, 7) is 4.17. The van der Waals surface area contributed by atoms with Crippen LogP contribution in [-0.4, -0.2) is 33.1 Å². The van der Waals surface area contributed by atoms with E-state index < -0.39 is 0 Å². The number of allylic oxidation sites excluding steroid dienone is 1. The summed E-state index contributed by atoms with van der Waals surface area (Å²) >= 11 is 6.19. The van der Waals surface area contributed by atoms with E-state index in [4.69, 9.17) is 21.1 Å². The highest BCUT2D eigenvalue weighted by molar-refractivity contribution is 6.32. The Morgan fingerprint density at radius 1 is 1.14 bits per heavy atom. The Bertz CT molecular complexity index is 886. The molecule has 1 heterocycles. The molecule has 2 aromatic carbocycles. The minimum absolute atomic E-state index is 0.130. The summed E-state index contributed by atoms with van der Waals surface area (Å²) in [5, 5.41) is 0.609. The first-order chi connectivity index (χ1) is 14.1. The molecule has 0 spiro atoms.